The first-order chi connectivity index (χ1) is 7.88. The van der Waals surface area contributed by atoms with Gasteiger partial charge in [0.25, 0.3) is 0 Å². The van der Waals surface area contributed by atoms with E-state index >= 15 is 0 Å². The van der Waals surface area contributed by atoms with Crippen LogP contribution in [-0.4, -0.2) is 44.3 Å². The highest BCUT2D eigenvalue weighted by Gasteiger charge is 2.19. The largest absolute Gasteiger partial charge is 0.383 e. The van der Waals surface area contributed by atoms with Crippen LogP contribution in [-0.2, 0) is 4.74 Å². The fourth-order valence-electron chi connectivity index (χ4n) is 2.60. The van der Waals surface area contributed by atoms with Gasteiger partial charge in [-0.25, -0.2) is 0 Å². The van der Waals surface area contributed by atoms with Crippen molar-refractivity contribution in [2.45, 2.75) is 51.0 Å². The third kappa shape index (κ3) is 5.28. The lowest BCUT2D eigenvalue weighted by atomic mass is 10.1. The third-order valence-electron chi connectivity index (χ3n) is 3.57. The first kappa shape index (κ1) is 13.9. The van der Waals surface area contributed by atoms with Gasteiger partial charge in [-0.1, -0.05) is 25.7 Å². The van der Waals surface area contributed by atoms with Crippen molar-refractivity contribution in [3.05, 3.63) is 0 Å². The maximum absolute atomic E-state index is 5.61. The van der Waals surface area contributed by atoms with E-state index in [-0.39, 0.29) is 0 Å². The second-order valence-corrected chi connectivity index (χ2v) is 4.82. The third-order valence-corrected chi connectivity index (χ3v) is 3.57. The van der Waals surface area contributed by atoms with E-state index in [1.165, 1.54) is 38.5 Å². The molecule has 3 heteroatoms. The summed E-state index contributed by atoms with van der Waals surface area (Å²) in [4.78, 5) is 2.60. The van der Waals surface area contributed by atoms with Gasteiger partial charge in [-0.2, -0.15) is 0 Å². The van der Waals surface area contributed by atoms with Crippen molar-refractivity contribution in [1.29, 1.82) is 0 Å². The molecule has 0 heterocycles. The molecule has 1 fully saturated rings. The minimum Gasteiger partial charge on any atom is -0.383 e. The van der Waals surface area contributed by atoms with Crippen LogP contribution in [0.3, 0.4) is 0 Å². The molecule has 1 rings (SSSR count). The Kier molecular flexibility index (Phi) is 7.81. The highest BCUT2D eigenvalue weighted by atomic mass is 16.5. The minimum atomic E-state index is 0.782. The summed E-state index contributed by atoms with van der Waals surface area (Å²) in [5.41, 5.74) is 5.61. The number of hydrogen-bond donors (Lipinski definition) is 1. The maximum atomic E-state index is 5.61. The second kappa shape index (κ2) is 8.97. The molecule has 0 aromatic carbocycles. The normalized spacial score (nSPS) is 18.9. The SMILES string of the molecule is COCCN(CCCN)C1CCCCCC1. The number of methoxy groups -OCH3 is 1. The Hall–Kier alpha value is -0.120. The fraction of sp³-hybridized carbons (Fsp3) is 1.00. The van der Waals surface area contributed by atoms with Gasteiger partial charge in [0.15, 0.2) is 0 Å². The molecule has 0 unspecified atom stereocenters. The quantitative estimate of drug-likeness (QED) is 0.677. The van der Waals surface area contributed by atoms with Crippen LogP contribution in [0.2, 0.25) is 0 Å². The topological polar surface area (TPSA) is 38.5 Å². The van der Waals surface area contributed by atoms with Crippen molar-refractivity contribution >= 4 is 0 Å². The van der Waals surface area contributed by atoms with Gasteiger partial charge in [0.05, 0.1) is 6.61 Å². The van der Waals surface area contributed by atoms with Crippen molar-refractivity contribution in [2.75, 3.05) is 33.4 Å². The number of hydrogen-bond acceptors (Lipinski definition) is 3. The summed E-state index contributed by atoms with van der Waals surface area (Å²) in [6.45, 7) is 3.86. The summed E-state index contributed by atoms with van der Waals surface area (Å²) < 4.78 is 5.20. The Labute approximate surface area is 100 Å². The molecule has 1 aliphatic carbocycles. The maximum Gasteiger partial charge on any atom is 0.0589 e. The molecule has 0 aromatic rings. The Bertz CT molecular complexity index is 148. The van der Waals surface area contributed by atoms with Crippen molar-refractivity contribution in [3.63, 3.8) is 0 Å². The van der Waals surface area contributed by atoms with Crippen molar-refractivity contribution in [2.24, 2.45) is 5.73 Å². The lowest BCUT2D eigenvalue weighted by Crippen LogP contribution is -2.38. The zero-order valence-electron chi connectivity index (χ0n) is 10.8. The molecule has 0 bridgehead atoms. The van der Waals surface area contributed by atoms with E-state index in [4.69, 9.17) is 10.5 Å². The summed E-state index contributed by atoms with van der Waals surface area (Å²) in [7, 11) is 1.79. The molecule has 0 amide bonds. The molecule has 0 aliphatic heterocycles. The Morgan fingerprint density at radius 1 is 1.12 bits per heavy atom. The summed E-state index contributed by atoms with van der Waals surface area (Å²) in [5, 5.41) is 0. The van der Waals surface area contributed by atoms with E-state index in [2.05, 4.69) is 4.90 Å². The smallest absolute Gasteiger partial charge is 0.0589 e. The van der Waals surface area contributed by atoms with Crippen molar-refractivity contribution < 1.29 is 4.74 Å². The van der Waals surface area contributed by atoms with Crippen LogP contribution in [0.5, 0.6) is 0 Å². The standard InChI is InChI=1S/C13H28N2O/c1-16-12-11-15(10-6-9-14)13-7-4-2-3-5-8-13/h13H,2-12,14H2,1H3. The summed E-state index contributed by atoms with van der Waals surface area (Å²) in [5.74, 6) is 0. The van der Waals surface area contributed by atoms with Gasteiger partial charge in [0, 0.05) is 19.7 Å². The molecule has 2 N–H and O–H groups in total. The lowest BCUT2D eigenvalue weighted by molar-refractivity contribution is 0.112. The van der Waals surface area contributed by atoms with E-state index in [0.717, 1.165) is 38.7 Å². The molecule has 1 aliphatic rings. The van der Waals surface area contributed by atoms with Crippen molar-refractivity contribution in [3.8, 4) is 0 Å². The molecule has 0 aromatic heterocycles. The van der Waals surface area contributed by atoms with E-state index < -0.39 is 0 Å². The van der Waals surface area contributed by atoms with Gasteiger partial charge in [-0.05, 0) is 32.4 Å². The molecule has 0 saturated heterocycles. The van der Waals surface area contributed by atoms with E-state index in [9.17, 15) is 0 Å². The van der Waals surface area contributed by atoms with Gasteiger partial charge in [-0.3, -0.25) is 4.90 Å². The van der Waals surface area contributed by atoms with Gasteiger partial charge in [0.2, 0.25) is 0 Å². The van der Waals surface area contributed by atoms with E-state index in [1.807, 2.05) is 0 Å². The number of nitrogens with two attached hydrogens (primary N) is 1. The Morgan fingerprint density at radius 3 is 2.38 bits per heavy atom. The van der Waals surface area contributed by atoms with Crippen LogP contribution in [0.4, 0.5) is 0 Å². The first-order valence-electron chi connectivity index (χ1n) is 6.81. The predicted molar refractivity (Wildman–Crippen MR) is 68.6 cm³/mol. The number of rotatable bonds is 7. The van der Waals surface area contributed by atoms with Crippen LogP contribution < -0.4 is 5.73 Å². The molecule has 1 saturated carbocycles. The van der Waals surface area contributed by atoms with Crippen LogP contribution in [0.25, 0.3) is 0 Å². The Balaban J connectivity index is 2.37. The van der Waals surface area contributed by atoms with Gasteiger partial charge in [0.1, 0.15) is 0 Å². The predicted octanol–water partition coefficient (Wildman–Crippen LogP) is 2.01. The van der Waals surface area contributed by atoms with Gasteiger partial charge >= 0.3 is 0 Å². The fourth-order valence-corrected chi connectivity index (χ4v) is 2.60. The van der Waals surface area contributed by atoms with Crippen LogP contribution >= 0.6 is 0 Å². The zero-order valence-corrected chi connectivity index (χ0v) is 10.8. The van der Waals surface area contributed by atoms with E-state index in [0.29, 0.717) is 0 Å². The first-order valence-corrected chi connectivity index (χ1v) is 6.81. The molecule has 96 valence electrons. The van der Waals surface area contributed by atoms with Crippen molar-refractivity contribution in [1.82, 2.24) is 4.90 Å². The van der Waals surface area contributed by atoms with Crippen LogP contribution in [0.1, 0.15) is 44.9 Å². The van der Waals surface area contributed by atoms with E-state index in [1.54, 1.807) is 7.11 Å². The highest BCUT2D eigenvalue weighted by molar-refractivity contribution is 4.74. The number of nitrogens with zero attached hydrogens (tertiary/aromatic N) is 1. The molecule has 16 heavy (non-hydrogen) atoms. The summed E-state index contributed by atoms with van der Waals surface area (Å²) in [6.07, 6.45) is 9.49. The van der Waals surface area contributed by atoms with Crippen LogP contribution in [0, 0.1) is 0 Å². The van der Waals surface area contributed by atoms with Gasteiger partial charge in [-0.15, -0.1) is 0 Å². The molecule has 0 spiro atoms. The molecular formula is C13H28N2O. The second-order valence-electron chi connectivity index (χ2n) is 4.82. The molecule has 0 atom stereocenters. The van der Waals surface area contributed by atoms with Gasteiger partial charge < -0.3 is 10.5 Å². The Morgan fingerprint density at radius 2 is 1.81 bits per heavy atom. The molecule has 0 radical (unpaired) electrons. The average molecular weight is 228 g/mol. The monoisotopic (exact) mass is 228 g/mol. The molecular weight excluding hydrogens is 200 g/mol. The number of ether oxygens (including phenoxy) is 1. The summed E-state index contributed by atoms with van der Waals surface area (Å²) >= 11 is 0. The van der Waals surface area contributed by atoms with Crippen LogP contribution in [0.15, 0.2) is 0 Å². The zero-order chi connectivity index (χ0) is 11.6. The highest BCUT2D eigenvalue weighted by Crippen LogP contribution is 2.21. The summed E-state index contributed by atoms with van der Waals surface area (Å²) in [6, 6.07) is 0.782. The minimum absolute atomic E-state index is 0.782. The average Bonchev–Trinajstić information content (AvgIpc) is 2.58. The lowest BCUT2D eigenvalue weighted by Gasteiger charge is -2.30. The molecule has 3 nitrogen and oxygen atoms in total.